The van der Waals surface area contributed by atoms with Gasteiger partial charge in [-0.2, -0.15) is 4.99 Å². The van der Waals surface area contributed by atoms with E-state index in [1.807, 2.05) is 17.0 Å². The summed E-state index contributed by atoms with van der Waals surface area (Å²) in [5, 5.41) is 0.372. The molecule has 3 aliphatic heterocycles. The molecule has 2 atom stereocenters. The number of anilines is 2. The number of thioether (sulfide) groups is 1. The minimum atomic E-state index is -3.15. The second-order valence-electron chi connectivity index (χ2n) is 10.9. The molecule has 0 unspecified atom stereocenters. The average molecular weight is 578 g/mol. The summed E-state index contributed by atoms with van der Waals surface area (Å²) in [7, 11) is -3.15. The van der Waals surface area contributed by atoms with Crippen LogP contribution in [0.2, 0.25) is 0 Å². The zero-order valence-corrected chi connectivity index (χ0v) is 23.8. The van der Waals surface area contributed by atoms with Crippen LogP contribution in [0.1, 0.15) is 24.0 Å². The molecule has 3 heterocycles. The van der Waals surface area contributed by atoms with Gasteiger partial charge in [-0.1, -0.05) is 54.2 Å². The highest BCUT2D eigenvalue weighted by molar-refractivity contribution is 8.16. The monoisotopic (exact) mass is 577 g/mol. The summed E-state index contributed by atoms with van der Waals surface area (Å²) in [5.41, 5.74) is 4.07. The summed E-state index contributed by atoms with van der Waals surface area (Å²) < 4.78 is 38.1. The third kappa shape index (κ3) is 6.10. The average Bonchev–Trinajstić information content (AvgIpc) is 3.41. The lowest BCUT2D eigenvalue weighted by molar-refractivity contribution is -0.117. The Morgan fingerprint density at radius 1 is 0.875 bits per heavy atom. The Kier molecular flexibility index (Phi) is 7.68. The molecule has 208 valence electrons. The van der Waals surface area contributed by atoms with Crippen molar-refractivity contribution in [3.8, 4) is 0 Å². The zero-order valence-electron chi connectivity index (χ0n) is 22.2. The molecule has 0 bridgehead atoms. The van der Waals surface area contributed by atoms with E-state index in [1.54, 1.807) is 12.1 Å². The molecule has 1 amide bonds. The van der Waals surface area contributed by atoms with Gasteiger partial charge >= 0.3 is 0 Å². The molecule has 3 saturated heterocycles. The number of hydrogen-bond acceptors (Lipinski definition) is 5. The van der Waals surface area contributed by atoms with E-state index in [4.69, 9.17) is 0 Å². The van der Waals surface area contributed by atoms with Crippen LogP contribution in [0.5, 0.6) is 0 Å². The van der Waals surface area contributed by atoms with Gasteiger partial charge in [-0.25, -0.2) is 12.8 Å². The van der Waals surface area contributed by atoms with Gasteiger partial charge in [0.05, 0.1) is 24.0 Å². The molecule has 0 radical (unpaired) electrons. The molecule has 0 saturated carbocycles. The van der Waals surface area contributed by atoms with Crippen LogP contribution in [0.4, 0.5) is 15.8 Å². The Labute approximate surface area is 239 Å². The van der Waals surface area contributed by atoms with Crippen molar-refractivity contribution in [2.24, 2.45) is 10.9 Å². The van der Waals surface area contributed by atoms with E-state index in [2.05, 4.69) is 52.4 Å². The van der Waals surface area contributed by atoms with Crippen molar-refractivity contribution in [3.05, 3.63) is 95.8 Å². The van der Waals surface area contributed by atoms with E-state index in [9.17, 15) is 17.6 Å². The quantitative estimate of drug-likeness (QED) is 0.405. The Bertz CT molecular complexity index is 1490. The molecular weight excluding hydrogens is 545 g/mol. The molecule has 0 aromatic heterocycles. The number of piperidine rings is 1. The largest absolute Gasteiger partial charge is 0.372 e. The predicted octanol–water partition coefficient (Wildman–Crippen LogP) is 5.13. The first-order chi connectivity index (χ1) is 19.3. The number of benzene rings is 3. The molecular formula is C31H32FN3O3S2. The lowest BCUT2D eigenvalue weighted by atomic mass is 9.90. The number of halogens is 1. The number of hydrogen-bond donors (Lipinski definition) is 0. The van der Waals surface area contributed by atoms with Crippen molar-refractivity contribution in [1.82, 2.24) is 0 Å². The molecule has 3 fully saturated rings. The number of amides is 1. The number of amidine groups is 1. The smallest absolute Gasteiger partial charge is 0.252 e. The summed E-state index contributed by atoms with van der Waals surface area (Å²) in [4.78, 5) is 21.6. The van der Waals surface area contributed by atoms with Crippen LogP contribution in [0.3, 0.4) is 0 Å². The minimum absolute atomic E-state index is 0.0481. The lowest BCUT2D eigenvalue weighted by Crippen LogP contribution is -2.38. The van der Waals surface area contributed by atoms with E-state index in [0.29, 0.717) is 16.6 Å². The van der Waals surface area contributed by atoms with Crippen molar-refractivity contribution in [3.63, 3.8) is 0 Å². The second kappa shape index (κ2) is 11.4. The molecule has 0 N–H and O–H groups in total. The van der Waals surface area contributed by atoms with Gasteiger partial charge in [0.15, 0.2) is 15.0 Å². The van der Waals surface area contributed by atoms with Gasteiger partial charge in [0.1, 0.15) is 5.82 Å². The molecule has 6 rings (SSSR count). The first-order valence-electron chi connectivity index (χ1n) is 13.7. The molecule has 40 heavy (non-hydrogen) atoms. The summed E-state index contributed by atoms with van der Waals surface area (Å²) in [6.07, 6.45) is 3.47. The lowest BCUT2D eigenvalue weighted by Gasteiger charge is -2.34. The summed E-state index contributed by atoms with van der Waals surface area (Å²) in [6, 6.07) is 24.4. The van der Waals surface area contributed by atoms with Crippen molar-refractivity contribution in [1.29, 1.82) is 0 Å². The van der Waals surface area contributed by atoms with E-state index in [-0.39, 0.29) is 40.9 Å². The first kappa shape index (κ1) is 27.0. The molecule has 0 spiro atoms. The third-order valence-corrected chi connectivity index (χ3v) is 11.2. The van der Waals surface area contributed by atoms with Crippen LogP contribution in [0, 0.1) is 11.7 Å². The van der Waals surface area contributed by atoms with Gasteiger partial charge in [-0.3, -0.25) is 4.79 Å². The van der Waals surface area contributed by atoms with Crippen LogP contribution in [0.15, 0.2) is 83.9 Å². The van der Waals surface area contributed by atoms with Gasteiger partial charge in [-0.15, -0.1) is 0 Å². The molecule has 3 aromatic rings. The topological polar surface area (TPSA) is 70.0 Å². The van der Waals surface area contributed by atoms with Crippen LogP contribution in [0.25, 0.3) is 0 Å². The van der Waals surface area contributed by atoms with Gasteiger partial charge in [-0.05, 0) is 72.7 Å². The summed E-state index contributed by atoms with van der Waals surface area (Å²) >= 11 is 1.37. The summed E-state index contributed by atoms with van der Waals surface area (Å²) in [6.45, 7) is 2.01. The van der Waals surface area contributed by atoms with Crippen molar-refractivity contribution in [2.45, 2.75) is 37.0 Å². The standard InChI is InChI=1S/C31H32FN3O3S2/c32-25-8-6-23(7-9-25)19-30(36)33-31-35(28-20-40(37,38)21-29(28)39-31)27-12-10-26(11-13-27)34-16-14-24(15-17-34)18-22-4-2-1-3-5-22/h1-13,24,28-29H,14-21H2/t28-,29-/m1/s1. The number of sulfone groups is 1. The molecule has 9 heteroatoms. The van der Waals surface area contributed by atoms with Crippen molar-refractivity contribution >= 4 is 44.0 Å². The van der Waals surface area contributed by atoms with Gasteiger partial charge in [0.2, 0.25) is 0 Å². The highest BCUT2D eigenvalue weighted by Crippen LogP contribution is 2.41. The predicted molar refractivity (Wildman–Crippen MR) is 160 cm³/mol. The number of carbonyl (C=O) groups excluding carboxylic acids is 1. The Balaban J connectivity index is 1.16. The van der Waals surface area contributed by atoms with Crippen LogP contribution in [-0.4, -0.2) is 55.4 Å². The minimum Gasteiger partial charge on any atom is -0.372 e. The third-order valence-electron chi connectivity index (χ3n) is 8.03. The van der Waals surface area contributed by atoms with Crippen LogP contribution >= 0.6 is 11.8 Å². The van der Waals surface area contributed by atoms with Gasteiger partial charge in [0.25, 0.3) is 5.91 Å². The zero-order chi connectivity index (χ0) is 27.7. The number of carbonyl (C=O) groups is 1. The van der Waals surface area contributed by atoms with Gasteiger partial charge < -0.3 is 9.80 Å². The fourth-order valence-electron chi connectivity index (χ4n) is 5.96. The maximum absolute atomic E-state index is 13.3. The SMILES string of the molecule is O=C(Cc1ccc(F)cc1)N=C1S[C@@H]2CS(=O)(=O)C[C@H]2N1c1ccc(N2CCC(Cc3ccccc3)CC2)cc1. The maximum Gasteiger partial charge on any atom is 0.252 e. The van der Waals surface area contributed by atoms with E-state index in [0.717, 1.165) is 43.7 Å². The van der Waals surface area contributed by atoms with Crippen molar-refractivity contribution < 1.29 is 17.6 Å². The van der Waals surface area contributed by atoms with E-state index in [1.165, 1.54) is 29.5 Å². The van der Waals surface area contributed by atoms with E-state index >= 15 is 0 Å². The van der Waals surface area contributed by atoms with Crippen LogP contribution < -0.4 is 9.80 Å². The number of aliphatic imine (C=N–C) groups is 1. The normalized spacial score (nSPS) is 23.5. The highest BCUT2D eigenvalue weighted by Gasteiger charge is 2.49. The second-order valence-corrected chi connectivity index (χ2v) is 14.3. The van der Waals surface area contributed by atoms with E-state index < -0.39 is 9.84 Å². The molecule has 3 aliphatic rings. The fraction of sp³-hybridized carbons (Fsp3) is 0.355. The molecule has 3 aromatic carbocycles. The Morgan fingerprint density at radius 3 is 2.25 bits per heavy atom. The summed E-state index contributed by atoms with van der Waals surface area (Å²) in [5.74, 6) is 0.130. The maximum atomic E-state index is 13.3. The fourth-order valence-corrected chi connectivity index (χ4v) is 9.89. The molecule has 6 nitrogen and oxygen atoms in total. The Morgan fingerprint density at radius 2 is 1.55 bits per heavy atom. The number of fused-ring (bicyclic) bond motifs is 1. The number of rotatable bonds is 6. The van der Waals surface area contributed by atoms with Crippen molar-refractivity contribution in [2.75, 3.05) is 34.4 Å². The van der Waals surface area contributed by atoms with Crippen LogP contribution in [-0.2, 0) is 27.5 Å². The molecule has 0 aliphatic carbocycles. The van der Waals surface area contributed by atoms with Gasteiger partial charge in [0, 0.05) is 29.7 Å². The highest BCUT2D eigenvalue weighted by atomic mass is 32.2. The Hall–Kier alpha value is -3.17. The first-order valence-corrected chi connectivity index (χ1v) is 16.4. The number of nitrogens with zero attached hydrogens (tertiary/aromatic N) is 3.